The van der Waals surface area contributed by atoms with Crippen molar-refractivity contribution in [3.05, 3.63) is 0 Å². The molecule has 1 atom stereocenters. The van der Waals surface area contributed by atoms with Gasteiger partial charge in [0, 0.05) is 45.4 Å². The van der Waals surface area contributed by atoms with Crippen LogP contribution in [-0.2, 0) is 57.3 Å². The van der Waals surface area contributed by atoms with Crippen molar-refractivity contribution in [3.63, 3.8) is 0 Å². The van der Waals surface area contributed by atoms with Crippen LogP contribution in [0.15, 0.2) is 0 Å². The molecule has 0 unspecified atom stereocenters. The number of hydrogen-bond acceptors (Lipinski definition) is 12. The standard InChI is InChI=1S/C35H63N5O13.CH2O2/c1-6-7-12-36-27(41)9-8-13-37-30(44)23-52-20-19-51-17-15-39-31(45)24-53-21-18-50-16-14-38-28(42)11-10-26(32(46)47)40-29(43)22-34(2,3)25-35(4,5)33(48)49;2-1-3/h26H,6-25H2,1-5H3,(H,36,41)(H,37,44)(H,38,42)(H,39,45)(H,40,43)(H,46,47)(H,48,49);1H,(H,2,3)/t26-;/m0./s1. The number of carbonyl (C=O) groups is 8. The maximum Gasteiger partial charge on any atom is 0.326 e. The molecular weight excluding hydrogens is 742 g/mol. The summed E-state index contributed by atoms with van der Waals surface area (Å²) in [6.07, 6.45) is 2.71. The smallest absolute Gasteiger partial charge is 0.326 e. The van der Waals surface area contributed by atoms with Crippen LogP contribution in [0, 0.1) is 10.8 Å². The van der Waals surface area contributed by atoms with Gasteiger partial charge in [-0.05, 0) is 44.9 Å². The van der Waals surface area contributed by atoms with E-state index >= 15 is 0 Å². The zero-order chi connectivity index (χ0) is 42.8. The summed E-state index contributed by atoms with van der Waals surface area (Å²) in [5.41, 5.74) is -1.75. The Labute approximate surface area is 328 Å². The van der Waals surface area contributed by atoms with Gasteiger partial charge in [0.1, 0.15) is 19.3 Å². The van der Waals surface area contributed by atoms with Crippen LogP contribution in [0.3, 0.4) is 0 Å². The lowest BCUT2D eigenvalue weighted by atomic mass is 9.73. The highest BCUT2D eigenvalue weighted by molar-refractivity contribution is 5.85. The molecule has 0 fully saturated rings. The Kier molecular flexibility index (Phi) is 31.5. The predicted octanol–water partition coefficient (Wildman–Crippen LogP) is 0.0655. The van der Waals surface area contributed by atoms with Crippen molar-refractivity contribution in [2.45, 2.75) is 92.0 Å². The zero-order valence-corrected chi connectivity index (χ0v) is 33.5. The first-order valence-corrected chi connectivity index (χ1v) is 18.6. The van der Waals surface area contributed by atoms with E-state index in [0.717, 1.165) is 12.8 Å². The van der Waals surface area contributed by atoms with Gasteiger partial charge in [0.15, 0.2) is 0 Å². The van der Waals surface area contributed by atoms with Gasteiger partial charge in [-0.15, -0.1) is 0 Å². The van der Waals surface area contributed by atoms with Crippen molar-refractivity contribution in [2.75, 3.05) is 79.0 Å². The van der Waals surface area contributed by atoms with Crippen molar-refractivity contribution in [2.24, 2.45) is 10.8 Å². The lowest BCUT2D eigenvalue weighted by molar-refractivity contribution is -0.149. The van der Waals surface area contributed by atoms with Crippen LogP contribution in [0.2, 0.25) is 0 Å². The van der Waals surface area contributed by atoms with E-state index in [4.69, 9.17) is 28.8 Å². The van der Waals surface area contributed by atoms with Gasteiger partial charge in [-0.1, -0.05) is 27.2 Å². The zero-order valence-electron chi connectivity index (χ0n) is 33.5. The summed E-state index contributed by atoms with van der Waals surface area (Å²) >= 11 is 0. The summed E-state index contributed by atoms with van der Waals surface area (Å²) in [6.45, 7) is 10.8. The molecule has 8 N–H and O–H groups in total. The van der Waals surface area contributed by atoms with Crippen LogP contribution in [-0.4, -0.2) is 148 Å². The maximum atomic E-state index is 12.5. The largest absolute Gasteiger partial charge is 0.483 e. The second-order valence-electron chi connectivity index (χ2n) is 14.0. The fourth-order valence-electron chi connectivity index (χ4n) is 5.00. The molecule has 0 saturated carbocycles. The van der Waals surface area contributed by atoms with Crippen molar-refractivity contribution in [1.29, 1.82) is 0 Å². The van der Waals surface area contributed by atoms with Gasteiger partial charge in [-0.25, -0.2) is 4.79 Å². The van der Waals surface area contributed by atoms with E-state index in [9.17, 15) is 43.8 Å². The molecule has 0 radical (unpaired) electrons. The molecule has 0 aromatic rings. The van der Waals surface area contributed by atoms with Crippen molar-refractivity contribution in [3.8, 4) is 0 Å². The molecule has 0 heterocycles. The fraction of sp³-hybridized carbons (Fsp3) is 0.778. The Morgan fingerprint density at radius 3 is 1.57 bits per heavy atom. The summed E-state index contributed by atoms with van der Waals surface area (Å²) in [5, 5.41) is 38.9. The molecule has 20 nitrogen and oxygen atoms in total. The second kappa shape index (κ2) is 32.8. The summed E-state index contributed by atoms with van der Waals surface area (Å²) in [6, 6.07) is -1.28. The van der Waals surface area contributed by atoms with Crippen LogP contribution in [0.25, 0.3) is 0 Å². The van der Waals surface area contributed by atoms with Gasteiger partial charge in [0.25, 0.3) is 6.47 Å². The number of hydrogen-bond donors (Lipinski definition) is 8. The maximum absolute atomic E-state index is 12.5. The Morgan fingerprint density at radius 1 is 0.625 bits per heavy atom. The number of aliphatic carboxylic acids is 2. The van der Waals surface area contributed by atoms with Crippen LogP contribution in [0.1, 0.15) is 86.0 Å². The van der Waals surface area contributed by atoms with Gasteiger partial charge in [-0.2, -0.15) is 0 Å². The molecule has 0 saturated heterocycles. The molecular formula is C36H65N5O15. The fourth-order valence-corrected chi connectivity index (χ4v) is 5.00. The van der Waals surface area contributed by atoms with Gasteiger partial charge >= 0.3 is 11.9 Å². The highest BCUT2D eigenvalue weighted by atomic mass is 16.5. The summed E-state index contributed by atoms with van der Waals surface area (Å²) in [7, 11) is 0. The van der Waals surface area contributed by atoms with E-state index in [1.807, 2.05) is 0 Å². The molecule has 0 spiro atoms. The van der Waals surface area contributed by atoms with Crippen LogP contribution < -0.4 is 26.6 Å². The molecule has 0 bridgehead atoms. The highest BCUT2D eigenvalue weighted by Crippen LogP contribution is 2.36. The van der Waals surface area contributed by atoms with Crippen LogP contribution >= 0.6 is 0 Å². The molecule has 56 heavy (non-hydrogen) atoms. The van der Waals surface area contributed by atoms with Crippen LogP contribution in [0.4, 0.5) is 0 Å². The molecule has 0 aromatic heterocycles. The number of ether oxygens (including phenoxy) is 4. The quantitative estimate of drug-likeness (QED) is 0.0322. The third-order valence-corrected chi connectivity index (χ3v) is 7.53. The molecule has 0 aromatic carbocycles. The molecule has 0 rings (SSSR count). The Balaban J connectivity index is 0. The average molecular weight is 808 g/mol. The van der Waals surface area contributed by atoms with Gasteiger partial charge in [0.05, 0.1) is 45.1 Å². The molecule has 0 aliphatic heterocycles. The predicted molar refractivity (Wildman–Crippen MR) is 201 cm³/mol. The van der Waals surface area contributed by atoms with Crippen LogP contribution in [0.5, 0.6) is 0 Å². The minimum Gasteiger partial charge on any atom is -0.483 e. The molecule has 0 aliphatic carbocycles. The molecule has 5 amide bonds. The first-order valence-electron chi connectivity index (χ1n) is 18.6. The minimum absolute atomic E-state index is 0.0240. The topological polar surface area (TPSA) is 294 Å². The third-order valence-electron chi connectivity index (χ3n) is 7.53. The number of unbranched alkanes of at least 4 members (excludes halogenated alkanes) is 1. The van der Waals surface area contributed by atoms with Crippen molar-refractivity contribution >= 4 is 47.9 Å². The van der Waals surface area contributed by atoms with Crippen molar-refractivity contribution < 1.29 is 72.6 Å². The normalized spacial score (nSPS) is 11.6. The average Bonchev–Trinajstić information content (AvgIpc) is 3.10. The van der Waals surface area contributed by atoms with E-state index in [1.165, 1.54) is 0 Å². The molecule has 324 valence electrons. The van der Waals surface area contributed by atoms with E-state index in [0.29, 0.717) is 25.9 Å². The number of amides is 5. The number of carbonyl (C=O) groups excluding carboxylic acids is 5. The minimum atomic E-state index is -1.28. The SMILES string of the molecule is CCCCNC(=O)CCCNC(=O)COCCOCCNC(=O)COCCOCCNC(=O)CC[C@H](NC(=O)CC(C)(C)CC(C)(C)C(=O)O)C(=O)O.O=CO. The summed E-state index contributed by atoms with van der Waals surface area (Å²) in [5.74, 6) is -3.87. The highest BCUT2D eigenvalue weighted by Gasteiger charge is 2.36. The van der Waals surface area contributed by atoms with E-state index < -0.39 is 40.6 Å². The summed E-state index contributed by atoms with van der Waals surface area (Å²) < 4.78 is 21.2. The van der Waals surface area contributed by atoms with Gasteiger partial charge < -0.3 is 60.9 Å². The van der Waals surface area contributed by atoms with E-state index in [-0.39, 0.29) is 116 Å². The number of carboxylic acids is 2. The first kappa shape index (κ1) is 53.7. The Morgan fingerprint density at radius 2 is 1.07 bits per heavy atom. The van der Waals surface area contributed by atoms with Gasteiger partial charge in [-0.3, -0.25) is 33.6 Å². The molecule has 0 aliphatic rings. The Bertz CT molecular complexity index is 1180. The second-order valence-corrected chi connectivity index (χ2v) is 14.0. The van der Waals surface area contributed by atoms with Crippen molar-refractivity contribution in [1.82, 2.24) is 26.6 Å². The molecule has 20 heteroatoms. The lowest BCUT2D eigenvalue weighted by Gasteiger charge is -2.32. The number of nitrogens with one attached hydrogen (secondary N) is 5. The van der Waals surface area contributed by atoms with E-state index in [1.54, 1.807) is 27.7 Å². The lowest BCUT2D eigenvalue weighted by Crippen LogP contribution is -2.43. The third kappa shape index (κ3) is 33.0. The Hall–Kier alpha value is -4.40. The summed E-state index contributed by atoms with van der Waals surface area (Å²) in [4.78, 5) is 91.3. The van der Waals surface area contributed by atoms with Gasteiger partial charge in [0.2, 0.25) is 29.5 Å². The first-order chi connectivity index (χ1) is 26.4. The van der Waals surface area contributed by atoms with E-state index in [2.05, 4.69) is 33.5 Å². The number of rotatable bonds is 33. The number of carboxylic acid groups (broad SMARTS) is 3. The monoisotopic (exact) mass is 807 g/mol.